The number of anilines is 5. The molecule has 6 N–H and O–H groups in total. The highest BCUT2D eigenvalue weighted by atomic mass is 35.5. The van der Waals surface area contributed by atoms with Crippen molar-refractivity contribution in [2.75, 3.05) is 30.5 Å². The number of nitrogens with zero attached hydrogens (tertiary/aromatic N) is 2. The SMILES string of the molecule is CNC1CCCC(NC(=O)c2ccc(Nc3nc(N)c(Cl)c(Nc4ccccc4S(=O)(=O)C(C)C)n3)c(OC)c2)C1. The third kappa shape index (κ3) is 7.00. The van der Waals surface area contributed by atoms with Crippen molar-refractivity contribution in [3.05, 3.63) is 53.1 Å². The van der Waals surface area contributed by atoms with Crippen molar-refractivity contribution in [3.8, 4) is 5.75 Å². The minimum atomic E-state index is -3.59. The molecule has 1 aliphatic rings. The van der Waals surface area contributed by atoms with Gasteiger partial charge in [0.05, 0.1) is 28.6 Å². The predicted molar refractivity (Wildman–Crippen MR) is 162 cm³/mol. The van der Waals surface area contributed by atoms with Gasteiger partial charge in [0.25, 0.3) is 5.91 Å². The monoisotopic (exact) mass is 601 g/mol. The number of sulfone groups is 1. The molecular formula is C28H36ClN7O4S. The smallest absolute Gasteiger partial charge is 0.251 e. The molecule has 0 spiro atoms. The predicted octanol–water partition coefficient (Wildman–Crippen LogP) is 4.65. The molecule has 220 valence electrons. The van der Waals surface area contributed by atoms with Gasteiger partial charge in [-0.2, -0.15) is 9.97 Å². The van der Waals surface area contributed by atoms with Crippen LogP contribution in [0.3, 0.4) is 0 Å². The number of carbonyl (C=O) groups is 1. The molecule has 0 radical (unpaired) electrons. The molecule has 13 heteroatoms. The van der Waals surface area contributed by atoms with E-state index < -0.39 is 15.1 Å². The summed E-state index contributed by atoms with van der Waals surface area (Å²) in [6.45, 7) is 3.22. The lowest BCUT2D eigenvalue weighted by Gasteiger charge is -2.29. The lowest BCUT2D eigenvalue weighted by molar-refractivity contribution is 0.0923. The zero-order chi connectivity index (χ0) is 29.7. The number of halogens is 1. The number of nitrogens with one attached hydrogen (secondary N) is 4. The molecule has 0 aliphatic heterocycles. The number of para-hydroxylation sites is 1. The first-order valence-corrected chi connectivity index (χ1v) is 15.3. The topological polar surface area (TPSA) is 160 Å². The van der Waals surface area contributed by atoms with E-state index in [0.717, 1.165) is 25.7 Å². The van der Waals surface area contributed by atoms with Gasteiger partial charge >= 0.3 is 0 Å². The lowest BCUT2D eigenvalue weighted by Crippen LogP contribution is -2.43. The maximum Gasteiger partial charge on any atom is 0.251 e. The van der Waals surface area contributed by atoms with Crippen molar-refractivity contribution in [1.82, 2.24) is 20.6 Å². The number of nitrogens with two attached hydrogens (primary N) is 1. The fourth-order valence-corrected chi connectivity index (χ4v) is 6.04. The van der Waals surface area contributed by atoms with Crippen LogP contribution in [0, 0.1) is 0 Å². The number of rotatable bonds is 10. The molecule has 1 heterocycles. The van der Waals surface area contributed by atoms with E-state index in [1.165, 1.54) is 13.2 Å². The van der Waals surface area contributed by atoms with Crippen molar-refractivity contribution in [3.63, 3.8) is 0 Å². The molecule has 0 saturated heterocycles. The summed E-state index contributed by atoms with van der Waals surface area (Å²) in [5.41, 5.74) is 7.33. The second kappa shape index (κ2) is 12.9. The van der Waals surface area contributed by atoms with E-state index in [1.54, 1.807) is 50.2 Å². The van der Waals surface area contributed by atoms with Crippen LogP contribution in [0.5, 0.6) is 5.75 Å². The van der Waals surface area contributed by atoms with Gasteiger partial charge in [-0.3, -0.25) is 4.79 Å². The van der Waals surface area contributed by atoms with Crippen LogP contribution in [0.2, 0.25) is 5.02 Å². The van der Waals surface area contributed by atoms with Crippen LogP contribution in [0.4, 0.5) is 29.0 Å². The third-order valence-electron chi connectivity index (χ3n) is 7.07. The quantitative estimate of drug-likeness (QED) is 0.221. The van der Waals surface area contributed by atoms with Crippen LogP contribution < -0.4 is 31.7 Å². The van der Waals surface area contributed by atoms with E-state index in [0.29, 0.717) is 28.7 Å². The van der Waals surface area contributed by atoms with E-state index in [-0.39, 0.29) is 39.5 Å². The maximum atomic E-state index is 13.0. The van der Waals surface area contributed by atoms with Crippen LogP contribution in [0.25, 0.3) is 0 Å². The number of methoxy groups -OCH3 is 1. The van der Waals surface area contributed by atoms with Crippen LogP contribution in [0.15, 0.2) is 47.4 Å². The summed E-state index contributed by atoms with van der Waals surface area (Å²) in [7, 11) is -0.151. The summed E-state index contributed by atoms with van der Waals surface area (Å²) in [5, 5.41) is 11.9. The molecule has 1 aromatic heterocycles. The third-order valence-corrected chi connectivity index (χ3v) is 9.65. The number of hydrogen-bond donors (Lipinski definition) is 5. The molecule has 41 heavy (non-hydrogen) atoms. The molecular weight excluding hydrogens is 566 g/mol. The molecule has 2 atom stereocenters. The summed E-state index contributed by atoms with van der Waals surface area (Å²) in [5.74, 6) is 0.419. The highest BCUT2D eigenvalue weighted by molar-refractivity contribution is 7.92. The Morgan fingerprint density at radius 3 is 2.51 bits per heavy atom. The largest absolute Gasteiger partial charge is 0.495 e. The van der Waals surface area contributed by atoms with Crippen molar-refractivity contribution < 1.29 is 17.9 Å². The van der Waals surface area contributed by atoms with Gasteiger partial charge in [0, 0.05) is 17.6 Å². The molecule has 0 bridgehead atoms. The average molecular weight is 602 g/mol. The molecule has 1 amide bonds. The minimum absolute atomic E-state index is 0.0156. The normalized spacial score (nSPS) is 17.2. The molecule has 2 aromatic carbocycles. The van der Waals surface area contributed by atoms with Gasteiger partial charge in [-0.05, 0) is 76.9 Å². The van der Waals surface area contributed by atoms with Crippen molar-refractivity contribution in [2.45, 2.75) is 61.8 Å². The van der Waals surface area contributed by atoms with Crippen LogP contribution >= 0.6 is 11.6 Å². The molecule has 4 rings (SSSR count). The fraction of sp³-hybridized carbons (Fsp3) is 0.393. The second-order valence-electron chi connectivity index (χ2n) is 10.2. The lowest BCUT2D eigenvalue weighted by atomic mass is 9.91. The zero-order valence-electron chi connectivity index (χ0n) is 23.5. The Bertz CT molecular complexity index is 1520. The summed E-state index contributed by atoms with van der Waals surface area (Å²) >= 11 is 6.40. The number of hydrogen-bond acceptors (Lipinski definition) is 10. The summed E-state index contributed by atoms with van der Waals surface area (Å²) in [6.07, 6.45) is 4.00. The Balaban J connectivity index is 1.56. The zero-order valence-corrected chi connectivity index (χ0v) is 25.1. The average Bonchev–Trinajstić information content (AvgIpc) is 2.96. The van der Waals surface area contributed by atoms with Gasteiger partial charge in [-0.25, -0.2) is 8.42 Å². The Labute approximate surface area is 245 Å². The van der Waals surface area contributed by atoms with E-state index in [4.69, 9.17) is 22.1 Å². The Morgan fingerprint density at radius 2 is 1.80 bits per heavy atom. The number of benzene rings is 2. The van der Waals surface area contributed by atoms with E-state index in [9.17, 15) is 13.2 Å². The van der Waals surface area contributed by atoms with Crippen LogP contribution in [0.1, 0.15) is 49.9 Å². The second-order valence-corrected chi connectivity index (χ2v) is 13.0. The number of aromatic nitrogens is 2. The molecule has 3 aromatic rings. The Morgan fingerprint density at radius 1 is 1.07 bits per heavy atom. The van der Waals surface area contributed by atoms with Gasteiger partial charge in [0.1, 0.15) is 16.6 Å². The minimum Gasteiger partial charge on any atom is -0.495 e. The van der Waals surface area contributed by atoms with Gasteiger partial charge in [0.15, 0.2) is 15.7 Å². The highest BCUT2D eigenvalue weighted by Gasteiger charge is 2.25. The van der Waals surface area contributed by atoms with Gasteiger partial charge < -0.3 is 31.7 Å². The van der Waals surface area contributed by atoms with Gasteiger partial charge in [-0.1, -0.05) is 23.7 Å². The summed E-state index contributed by atoms with van der Waals surface area (Å²) in [6, 6.07) is 12.0. The fourth-order valence-electron chi connectivity index (χ4n) is 4.71. The summed E-state index contributed by atoms with van der Waals surface area (Å²) < 4.78 is 31.3. The summed E-state index contributed by atoms with van der Waals surface area (Å²) in [4.78, 5) is 21.7. The highest BCUT2D eigenvalue weighted by Crippen LogP contribution is 2.34. The first-order chi connectivity index (χ1) is 19.5. The standard InChI is InChI=1S/C28H36ClN7O4S/c1-16(2)41(38,39)23-11-6-5-10-21(23)33-26-24(29)25(30)35-28(36-26)34-20-13-12-17(14-22(20)40-4)27(37)32-19-9-7-8-18(15-19)31-3/h5-6,10-14,16,18-19,31H,7-9,15H2,1-4H3,(H,32,37)(H4,30,33,34,35,36). The van der Waals surface area contributed by atoms with E-state index >= 15 is 0 Å². The van der Waals surface area contributed by atoms with E-state index in [1.807, 2.05) is 7.05 Å². The molecule has 1 saturated carbocycles. The molecule has 2 unspecified atom stereocenters. The van der Waals surface area contributed by atoms with Crippen molar-refractivity contribution >= 4 is 56.3 Å². The molecule has 11 nitrogen and oxygen atoms in total. The number of nitrogen functional groups attached to an aromatic ring is 1. The van der Waals surface area contributed by atoms with Crippen LogP contribution in [-0.4, -0.2) is 55.8 Å². The van der Waals surface area contributed by atoms with Gasteiger partial charge in [0.2, 0.25) is 5.95 Å². The molecule has 1 aliphatic carbocycles. The Kier molecular flexibility index (Phi) is 9.57. The molecule has 1 fully saturated rings. The number of carbonyl (C=O) groups excluding carboxylic acids is 1. The maximum absolute atomic E-state index is 13.0. The van der Waals surface area contributed by atoms with Gasteiger partial charge in [-0.15, -0.1) is 0 Å². The number of ether oxygens (including phenoxy) is 1. The number of amides is 1. The van der Waals surface area contributed by atoms with Crippen LogP contribution in [-0.2, 0) is 9.84 Å². The van der Waals surface area contributed by atoms with Crippen molar-refractivity contribution in [2.24, 2.45) is 0 Å². The first-order valence-electron chi connectivity index (χ1n) is 13.4. The van der Waals surface area contributed by atoms with E-state index in [2.05, 4.69) is 31.2 Å². The Hall–Kier alpha value is -3.61. The first kappa shape index (κ1) is 30.4. The van der Waals surface area contributed by atoms with Crippen molar-refractivity contribution in [1.29, 1.82) is 0 Å².